The summed E-state index contributed by atoms with van der Waals surface area (Å²) in [6, 6.07) is 48.9. The molecule has 0 fully saturated rings. The van der Waals surface area contributed by atoms with E-state index in [4.69, 9.17) is 4.42 Å². The van der Waals surface area contributed by atoms with Crippen LogP contribution in [0, 0.1) is 0 Å². The van der Waals surface area contributed by atoms with Crippen LogP contribution in [0.15, 0.2) is 144 Å². The first-order valence-corrected chi connectivity index (χ1v) is 15.8. The van der Waals surface area contributed by atoms with Crippen LogP contribution in [0.5, 0.6) is 0 Å². The predicted molar refractivity (Wildman–Crippen MR) is 192 cm³/mol. The Morgan fingerprint density at radius 1 is 0.467 bits per heavy atom. The van der Waals surface area contributed by atoms with Crippen LogP contribution < -0.4 is 0 Å². The average molecular weight is 573 g/mol. The van der Waals surface area contributed by atoms with E-state index in [-0.39, 0.29) is 0 Å². The minimum Gasteiger partial charge on any atom is -0.456 e. The van der Waals surface area contributed by atoms with Gasteiger partial charge in [0.2, 0.25) is 0 Å². The van der Waals surface area contributed by atoms with Crippen LogP contribution in [0.25, 0.3) is 93.4 Å². The number of aryl methyl sites for hydroxylation is 1. The third-order valence-corrected chi connectivity index (χ3v) is 9.88. The molecular formula is C44H28O. The molecule has 9 aromatic rings. The van der Waals surface area contributed by atoms with Gasteiger partial charge in [0.1, 0.15) is 11.2 Å². The summed E-state index contributed by atoms with van der Waals surface area (Å²) >= 11 is 0. The molecule has 10 rings (SSSR count). The monoisotopic (exact) mass is 572 g/mol. The Labute approximate surface area is 260 Å². The highest BCUT2D eigenvalue weighted by Crippen LogP contribution is 2.46. The predicted octanol–water partition coefficient (Wildman–Crippen LogP) is 12.5. The topological polar surface area (TPSA) is 13.1 Å². The molecule has 0 aliphatic heterocycles. The summed E-state index contributed by atoms with van der Waals surface area (Å²) in [5, 5.41) is 12.5. The lowest BCUT2D eigenvalue weighted by Gasteiger charge is -2.18. The zero-order valence-electron chi connectivity index (χ0n) is 24.7. The number of benzene rings is 8. The van der Waals surface area contributed by atoms with E-state index >= 15 is 0 Å². The van der Waals surface area contributed by atoms with Gasteiger partial charge in [-0.05, 0) is 102 Å². The van der Waals surface area contributed by atoms with E-state index in [1.54, 1.807) is 0 Å². The van der Waals surface area contributed by atoms with Crippen molar-refractivity contribution in [2.24, 2.45) is 0 Å². The summed E-state index contributed by atoms with van der Waals surface area (Å²) in [7, 11) is 0. The molecule has 0 saturated heterocycles. The molecule has 0 bridgehead atoms. The van der Waals surface area contributed by atoms with Crippen molar-refractivity contribution in [2.45, 2.75) is 12.8 Å². The van der Waals surface area contributed by atoms with Gasteiger partial charge in [-0.25, -0.2) is 0 Å². The summed E-state index contributed by atoms with van der Waals surface area (Å²) in [5.41, 5.74) is 9.59. The highest BCUT2D eigenvalue weighted by Gasteiger charge is 2.22. The van der Waals surface area contributed by atoms with Crippen LogP contribution in [0.4, 0.5) is 0 Å². The van der Waals surface area contributed by atoms with Gasteiger partial charge in [0, 0.05) is 16.3 Å². The first-order chi connectivity index (χ1) is 22.3. The zero-order valence-corrected chi connectivity index (χ0v) is 24.7. The Balaban J connectivity index is 1.28. The highest BCUT2D eigenvalue weighted by molar-refractivity contribution is 6.24. The van der Waals surface area contributed by atoms with Crippen molar-refractivity contribution in [3.8, 4) is 22.3 Å². The molecule has 8 aromatic carbocycles. The lowest BCUT2D eigenvalue weighted by molar-refractivity contribution is 0.662. The summed E-state index contributed by atoms with van der Waals surface area (Å²) in [5.74, 6) is 0. The van der Waals surface area contributed by atoms with Crippen molar-refractivity contribution in [2.75, 3.05) is 0 Å². The minimum atomic E-state index is 0.947. The molecule has 210 valence electrons. The van der Waals surface area contributed by atoms with Crippen LogP contribution in [0.1, 0.15) is 17.5 Å². The van der Waals surface area contributed by atoms with Gasteiger partial charge in [0.05, 0.1) is 0 Å². The van der Waals surface area contributed by atoms with Gasteiger partial charge in [0.15, 0.2) is 0 Å². The van der Waals surface area contributed by atoms with Gasteiger partial charge in [-0.3, -0.25) is 0 Å². The fourth-order valence-electron chi connectivity index (χ4n) is 7.92. The molecule has 0 radical (unpaired) electrons. The van der Waals surface area contributed by atoms with E-state index in [2.05, 4.69) is 146 Å². The van der Waals surface area contributed by atoms with Gasteiger partial charge in [-0.15, -0.1) is 0 Å². The standard InChI is InChI=1S/C44H28O/c1-2-12-28-25-29(22-21-27(28)11-1)41-34-16-6-8-18-36(34)42(37-19-9-7-17-35(37)41)30-23-24-39-40(26-30)45-44-38-20-10-4-14-32(38)31-13-3-5-15-33(31)43(39)44/h1-9,11-19,21-26H,10,20H2. The molecule has 45 heavy (non-hydrogen) atoms. The van der Waals surface area contributed by atoms with Gasteiger partial charge in [-0.1, -0.05) is 127 Å². The van der Waals surface area contributed by atoms with Gasteiger partial charge in [0.25, 0.3) is 0 Å². The second-order valence-corrected chi connectivity index (χ2v) is 12.3. The Kier molecular flexibility index (Phi) is 5.18. The first kappa shape index (κ1) is 24.7. The lowest BCUT2D eigenvalue weighted by atomic mass is 9.85. The number of fused-ring (bicyclic) bond motifs is 11. The molecule has 1 aliphatic carbocycles. The third-order valence-electron chi connectivity index (χ3n) is 9.88. The molecule has 1 aromatic heterocycles. The molecule has 1 nitrogen and oxygen atoms in total. The van der Waals surface area contributed by atoms with Gasteiger partial charge < -0.3 is 4.42 Å². The van der Waals surface area contributed by atoms with Crippen molar-refractivity contribution in [3.63, 3.8) is 0 Å². The average Bonchev–Trinajstić information content (AvgIpc) is 3.50. The lowest BCUT2D eigenvalue weighted by Crippen LogP contribution is -1.96. The van der Waals surface area contributed by atoms with E-state index in [1.165, 1.54) is 87.2 Å². The van der Waals surface area contributed by atoms with Crippen molar-refractivity contribution < 1.29 is 4.42 Å². The van der Waals surface area contributed by atoms with Crippen LogP contribution >= 0.6 is 0 Å². The smallest absolute Gasteiger partial charge is 0.139 e. The molecule has 1 heterocycles. The normalized spacial score (nSPS) is 13.1. The second-order valence-electron chi connectivity index (χ2n) is 12.3. The van der Waals surface area contributed by atoms with E-state index in [1.807, 2.05) is 0 Å². The summed E-state index contributed by atoms with van der Waals surface area (Å²) in [6.07, 6.45) is 6.63. The number of hydrogen-bond acceptors (Lipinski definition) is 1. The van der Waals surface area contributed by atoms with Crippen molar-refractivity contribution in [1.29, 1.82) is 0 Å². The van der Waals surface area contributed by atoms with E-state index in [0.717, 1.165) is 24.0 Å². The molecule has 0 unspecified atom stereocenters. The summed E-state index contributed by atoms with van der Waals surface area (Å²) < 4.78 is 6.85. The maximum absolute atomic E-state index is 6.85. The highest BCUT2D eigenvalue weighted by atomic mass is 16.3. The first-order valence-electron chi connectivity index (χ1n) is 15.8. The number of allylic oxidation sites excluding steroid dienone is 1. The quantitative estimate of drug-likeness (QED) is 0.188. The molecule has 1 heteroatoms. The van der Waals surface area contributed by atoms with E-state index < -0.39 is 0 Å². The Bertz CT molecular complexity index is 2650. The van der Waals surface area contributed by atoms with Crippen LogP contribution in [-0.4, -0.2) is 0 Å². The fraction of sp³-hybridized carbons (Fsp3) is 0.0455. The van der Waals surface area contributed by atoms with E-state index in [9.17, 15) is 0 Å². The molecule has 0 atom stereocenters. The maximum atomic E-state index is 6.85. The third kappa shape index (κ3) is 3.56. The van der Waals surface area contributed by atoms with Crippen molar-refractivity contribution >= 4 is 71.1 Å². The van der Waals surface area contributed by atoms with Gasteiger partial charge in [-0.2, -0.15) is 0 Å². The second kappa shape index (κ2) is 9.42. The van der Waals surface area contributed by atoms with Crippen LogP contribution in [0.2, 0.25) is 0 Å². The molecule has 0 spiro atoms. The molecule has 0 saturated carbocycles. The largest absolute Gasteiger partial charge is 0.456 e. The van der Waals surface area contributed by atoms with Crippen LogP contribution in [-0.2, 0) is 6.42 Å². The van der Waals surface area contributed by atoms with Crippen molar-refractivity contribution in [3.05, 3.63) is 151 Å². The van der Waals surface area contributed by atoms with Crippen molar-refractivity contribution in [1.82, 2.24) is 0 Å². The Hall–Kier alpha value is -5.66. The SMILES string of the molecule is C1=Cc2c(c3oc4cc(-c5c6ccccc6c(-c6ccc7ccccc7c6)c6ccccc56)ccc4c3c3ccccc23)CC1. The summed E-state index contributed by atoms with van der Waals surface area (Å²) in [4.78, 5) is 0. The Morgan fingerprint density at radius 2 is 1.04 bits per heavy atom. The molecule has 0 amide bonds. The number of rotatable bonds is 2. The number of hydrogen-bond donors (Lipinski definition) is 0. The maximum Gasteiger partial charge on any atom is 0.139 e. The fourth-order valence-corrected chi connectivity index (χ4v) is 7.92. The molecule has 1 aliphatic rings. The zero-order chi connectivity index (χ0) is 29.5. The van der Waals surface area contributed by atoms with Crippen LogP contribution in [0.3, 0.4) is 0 Å². The summed E-state index contributed by atoms with van der Waals surface area (Å²) in [6.45, 7) is 0. The molecular weight excluding hydrogens is 544 g/mol. The molecule has 0 N–H and O–H groups in total. The minimum absolute atomic E-state index is 0.947. The number of furan rings is 1. The Morgan fingerprint density at radius 3 is 1.76 bits per heavy atom. The van der Waals surface area contributed by atoms with Gasteiger partial charge >= 0.3 is 0 Å². The van der Waals surface area contributed by atoms with E-state index in [0.29, 0.717) is 0 Å².